The van der Waals surface area contributed by atoms with Crippen molar-refractivity contribution in [2.75, 3.05) is 0 Å². The number of para-hydroxylation sites is 5. The lowest BCUT2D eigenvalue weighted by Gasteiger charge is -2.11. The van der Waals surface area contributed by atoms with Crippen LogP contribution in [-0.4, -0.2) is 13.7 Å². The van der Waals surface area contributed by atoms with Crippen LogP contribution in [0.4, 0.5) is 0 Å². The standard InChI is InChI=1S/C60H35N3O2/c1-3-13-38(14-4-1)61-50-28-23-36(37-24-31-55-46(33-37)41-17-8-11-21-53(41)64-55)34-48(50)58-52(61)30-27-44-43-26-29-51-57(59(43)63(60(44)58)39-15-5-2-6-16-39)45-19-7-10-20-49(45)62(51)40-25-32-56-47(35-40)42-18-9-12-22-54(42)65-56/h1-35H. The molecule has 0 saturated heterocycles. The quantitative estimate of drug-likeness (QED) is 0.177. The summed E-state index contributed by atoms with van der Waals surface area (Å²) in [5.74, 6) is 0. The van der Waals surface area contributed by atoms with Crippen LogP contribution in [0.2, 0.25) is 0 Å². The zero-order valence-electron chi connectivity index (χ0n) is 34.9. The Morgan fingerprint density at radius 3 is 1.35 bits per heavy atom. The van der Waals surface area contributed by atoms with Gasteiger partial charge in [0.25, 0.3) is 0 Å². The lowest BCUT2D eigenvalue weighted by molar-refractivity contribution is 0.668. The maximum absolute atomic E-state index is 6.29. The fourth-order valence-corrected chi connectivity index (χ4v) is 11.1. The maximum Gasteiger partial charge on any atom is 0.135 e. The minimum absolute atomic E-state index is 0.889. The summed E-state index contributed by atoms with van der Waals surface area (Å²) in [6.45, 7) is 0. The van der Waals surface area contributed by atoms with Gasteiger partial charge in [0.15, 0.2) is 0 Å². The number of benzene rings is 10. The molecule has 0 spiro atoms. The summed E-state index contributed by atoms with van der Waals surface area (Å²) in [6, 6.07) is 76.7. The van der Waals surface area contributed by atoms with Crippen LogP contribution in [0.25, 0.3) is 137 Å². The van der Waals surface area contributed by atoms with Crippen molar-refractivity contribution in [3.8, 4) is 28.2 Å². The second kappa shape index (κ2) is 12.9. The smallest absolute Gasteiger partial charge is 0.135 e. The van der Waals surface area contributed by atoms with Gasteiger partial charge in [-0.1, -0.05) is 115 Å². The predicted octanol–water partition coefficient (Wildman–Crippen LogP) is 16.4. The molecule has 5 nitrogen and oxygen atoms in total. The van der Waals surface area contributed by atoms with Crippen molar-refractivity contribution in [3.63, 3.8) is 0 Å². The Kier molecular flexibility index (Phi) is 6.89. The molecule has 0 saturated carbocycles. The normalized spacial score (nSPS) is 12.3. The van der Waals surface area contributed by atoms with E-state index in [1.165, 1.54) is 43.4 Å². The second-order valence-electron chi connectivity index (χ2n) is 17.2. The first-order valence-electron chi connectivity index (χ1n) is 22.2. The Bertz CT molecular complexity index is 4460. The van der Waals surface area contributed by atoms with E-state index in [4.69, 9.17) is 8.83 Å². The van der Waals surface area contributed by atoms with Gasteiger partial charge < -0.3 is 22.5 Å². The molecular formula is C60H35N3O2. The van der Waals surface area contributed by atoms with Crippen molar-refractivity contribution < 1.29 is 8.83 Å². The second-order valence-corrected chi connectivity index (χ2v) is 17.2. The first kappa shape index (κ1) is 34.7. The Labute approximate surface area is 370 Å². The van der Waals surface area contributed by atoms with Crippen LogP contribution in [0, 0.1) is 0 Å². The molecule has 5 heterocycles. The molecule has 10 aromatic carbocycles. The van der Waals surface area contributed by atoms with Gasteiger partial charge in [0.1, 0.15) is 22.3 Å². The molecule has 0 amide bonds. The summed E-state index contributed by atoms with van der Waals surface area (Å²) in [5, 5.41) is 11.7. The molecule has 0 aliphatic rings. The van der Waals surface area contributed by atoms with Crippen molar-refractivity contribution in [2.24, 2.45) is 0 Å². The molecule has 65 heavy (non-hydrogen) atoms. The SMILES string of the molecule is c1ccc(-n2c3ccc(-c4ccc5oc6ccccc6c5c4)cc3c3c2ccc2c4ccc5c(c6ccccc6n5-c5ccc6oc7ccccc7c6c5)c4n(-c4ccccc4)c23)cc1. The Balaban J connectivity index is 1.08. The van der Waals surface area contributed by atoms with Crippen molar-refractivity contribution in [1.82, 2.24) is 13.7 Å². The van der Waals surface area contributed by atoms with E-state index in [0.29, 0.717) is 0 Å². The zero-order valence-corrected chi connectivity index (χ0v) is 34.9. The molecule has 15 rings (SSSR count). The Hall–Kier alpha value is -8.80. The number of fused-ring (bicyclic) bond motifs is 17. The highest BCUT2D eigenvalue weighted by molar-refractivity contribution is 6.32. The molecular weight excluding hydrogens is 795 g/mol. The lowest BCUT2D eigenvalue weighted by Crippen LogP contribution is -1.96. The summed E-state index contributed by atoms with van der Waals surface area (Å²) in [5.41, 5.74) is 16.2. The van der Waals surface area contributed by atoms with E-state index >= 15 is 0 Å². The van der Waals surface area contributed by atoms with Gasteiger partial charge in [0.05, 0.1) is 33.1 Å². The molecule has 0 bridgehead atoms. The average Bonchev–Trinajstić information content (AvgIpc) is 4.17. The molecule has 0 fully saturated rings. The zero-order chi connectivity index (χ0) is 42.3. The number of nitrogens with zero attached hydrogens (tertiary/aromatic N) is 3. The van der Waals surface area contributed by atoms with Gasteiger partial charge in [-0.2, -0.15) is 0 Å². The molecule has 0 aliphatic carbocycles. The van der Waals surface area contributed by atoms with Gasteiger partial charge in [-0.3, -0.25) is 0 Å². The van der Waals surface area contributed by atoms with Gasteiger partial charge in [-0.25, -0.2) is 0 Å². The van der Waals surface area contributed by atoms with Crippen LogP contribution < -0.4 is 0 Å². The lowest BCUT2D eigenvalue weighted by atomic mass is 10.00. The largest absolute Gasteiger partial charge is 0.456 e. The van der Waals surface area contributed by atoms with Crippen LogP contribution in [0.1, 0.15) is 0 Å². The third kappa shape index (κ3) is 4.76. The summed E-state index contributed by atoms with van der Waals surface area (Å²) in [6.07, 6.45) is 0. The number of hydrogen-bond acceptors (Lipinski definition) is 2. The number of aromatic nitrogens is 3. The monoisotopic (exact) mass is 829 g/mol. The minimum atomic E-state index is 0.889. The highest BCUT2D eigenvalue weighted by Crippen LogP contribution is 2.47. The molecule has 5 heteroatoms. The predicted molar refractivity (Wildman–Crippen MR) is 269 cm³/mol. The molecule has 0 N–H and O–H groups in total. The van der Waals surface area contributed by atoms with Gasteiger partial charge in [-0.05, 0) is 108 Å². The van der Waals surface area contributed by atoms with Gasteiger partial charge >= 0.3 is 0 Å². The Morgan fingerprint density at radius 1 is 0.246 bits per heavy atom. The van der Waals surface area contributed by atoms with E-state index < -0.39 is 0 Å². The highest BCUT2D eigenvalue weighted by Gasteiger charge is 2.25. The third-order valence-corrected chi connectivity index (χ3v) is 13.8. The van der Waals surface area contributed by atoms with Gasteiger partial charge in [-0.15, -0.1) is 0 Å². The van der Waals surface area contributed by atoms with E-state index in [2.05, 4.69) is 202 Å². The summed E-state index contributed by atoms with van der Waals surface area (Å²) >= 11 is 0. The molecule has 5 aromatic heterocycles. The Morgan fingerprint density at radius 2 is 0.692 bits per heavy atom. The van der Waals surface area contributed by atoms with E-state index in [-0.39, 0.29) is 0 Å². The molecule has 0 atom stereocenters. The van der Waals surface area contributed by atoms with Gasteiger partial charge in [0, 0.05) is 70.9 Å². The molecule has 302 valence electrons. The van der Waals surface area contributed by atoms with E-state index in [1.807, 2.05) is 24.3 Å². The van der Waals surface area contributed by atoms with Crippen molar-refractivity contribution in [3.05, 3.63) is 212 Å². The highest BCUT2D eigenvalue weighted by atomic mass is 16.3. The molecule has 15 aromatic rings. The van der Waals surface area contributed by atoms with Crippen LogP contribution in [-0.2, 0) is 0 Å². The number of furan rings is 2. The average molecular weight is 830 g/mol. The van der Waals surface area contributed by atoms with Crippen molar-refractivity contribution in [1.29, 1.82) is 0 Å². The third-order valence-electron chi connectivity index (χ3n) is 13.8. The first-order valence-corrected chi connectivity index (χ1v) is 22.2. The van der Waals surface area contributed by atoms with Crippen molar-refractivity contribution in [2.45, 2.75) is 0 Å². The number of hydrogen-bond donors (Lipinski definition) is 0. The van der Waals surface area contributed by atoms with Crippen LogP contribution in [0.5, 0.6) is 0 Å². The number of rotatable bonds is 4. The fraction of sp³-hybridized carbons (Fsp3) is 0. The van der Waals surface area contributed by atoms with Crippen LogP contribution in [0.15, 0.2) is 221 Å². The maximum atomic E-state index is 6.29. The summed E-state index contributed by atoms with van der Waals surface area (Å²) in [7, 11) is 0. The van der Waals surface area contributed by atoms with Crippen LogP contribution >= 0.6 is 0 Å². The fourth-order valence-electron chi connectivity index (χ4n) is 11.1. The van der Waals surface area contributed by atoms with Crippen molar-refractivity contribution >= 4 is 109 Å². The molecule has 0 radical (unpaired) electrons. The summed E-state index contributed by atoms with van der Waals surface area (Å²) < 4.78 is 20.0. The summed E-state index contributed by atoms with van der Waals surface area (Å²) in [4.78, 5) is 0. The molecule has 0 aliphatic heterocycles. The molecule has 0 unspecified atom stereocenters. The van der Waals surface area contributed by atoms with Crippen LogP contribution in [0.3, 0.4) is 0 Å². The van der Waals surface area contributed by atoms with E-state index in [9.17, 15) is 0 Å². The topological polar surface area (TPSA) is 41.1 Å². The van der Waals surface area contributed by atoms with E-state index in [1.54, 1.807) is 0 Å². The first-order chi connectivity index (χ1) is 32.2. The minimum Gasteiger partial charge on any atom is -0.456 e. The van der Waals surface area contributed by atoms with E-state index in [0.717, 1.165) is 94.1 Å². The van der Waals surface area contributed by atoms with Gasteiger partial charge in [0.2, 0.25) is 0 Å².